The van der Waals surface area contributed by atoms with Gasteiger partial charge >= 0.3 is 0 Å². The van der Waals surface area contributed by atoms with Gasteiger partial charge in [0.1, 0.15) is 0 Å². The van der Waals surface area contributed by atoms with Crippen molar-refractivity contribution in [3.05, 3.63) is 243 Å². The van der Waals surface area contributed by atoms with Gasteiger partial charge in [-0.1, -0.05) is 176 Å². The Morgan fingerprint density at radius 2 is 0.779 bits per heavy atom. The van der Waals surface area contributed by atoms with Gasteiger partial charge < -0.3 is 9.13 Å². The lowest BCUT2D eigenvalue weighted by atomic mass is 9.96. The van der Waals surface area contributed by atoms with E-state index in [2.05, 4.69) is 191 Å². The Hall–Kier alpha value is -9.26. The van der Waals surface area contributed by atoms with E-state index >= 15 is 0 Å². The quantitative estimate of drug-likeness (QED) is 0.153. The maximum atomic E-state index is 5.65. The topological polar surface area (TPSA) is 61.4 Å². The van der Waals surface area contributed by atoms with Gasteiger partial charge in [0.15, 0.2) is 17.5 Å². The summed E-state index contributed by atoms with van der Waals surface area (Å²) in [4.78, 5) is 20.9. The van der Waals surface area contributed by atoms with E-state index in [0.29, 0.717) is 17.5 Å². The number of aromatic nitrogens is 6. The van der Waals surface area contributed by atoms with Gasteiger partial charge in [-0.2, -0.15) is 0 Å². The first-order valence-electron chi connectivity index (χ1n) is 22.9. The average molecular weight is 869 g/mol. The molecule has 0 atom stereocenters. The number of rotatable bonds is 8. The maximum absolute atomic E-state index is 5.65. The van der Waals surface area contributed by atoms with E-state index in [-0.39, 0.29) is 0 Å². The van der Waals surface area contributed by atoms with Gasteiger partial charge in [0.25, 0.3) is 0 Å². The van der Waals surface area contributed by atoms with Crippen LogP contribution in [0.25, 0.3) is 123 Å². The van der Waals surface area contributed by atoms with Gasteiger partial charge in [0.2, 0.25) is 0 Å². The first-order chi connectivity index (χ1) is 33.7. The SMILES string of the molecule is c1ccc(-c2cc(-c3ccccc3)c3c(c2)c2nc(-c4ccc5c(c4)c4ccccc4n5-c4ccccc4)ccc2n3-c2cccc(-c3nc(-c4ccccc4)nc(-c4ccccc4)n3)c2)cc1. The van der Waals surface area contributed by atoms with E-state index < -0.39 is 0 Å². The van der Waals surface area contributed by atoms with E-state index in [0.717, 1.165) is 89.0 Å². The predicted octanol–water partition coefficient (Wildman–Crippen LogP) is 15.5. The van der Waals surface area contributed by atoms with Gasteiger partial charge in [-0.05, 0) is 83.4 Å². The Bertz CT molecular complexity index is 3940. The van der Waals surface area contributed by atoms with Crippen molar-refractivity contribution in [2.24, 2.45) is 0 Å². The molecule has 0 amide bonds. The third-order valence-corrected chi connectivity index (χ3v) is 12.9. The van der Waals surface area contributed by atoms with Crippen molar-refractivity contribution in [2.45, 2.75) is 0 Å². The predicted molar refractivity (Wildman–Crippen MR) is 279 cm³/mol. The Kier molecular flexibility index (Phi) is 9.39. The molecule has 9 aromatic carbocycles. The van der Waals surface area contributed by atoms with E-state index in [1.807, 2.05) is 60.7 Å². The lowest BCUT2D eigenvalue weighted by Gasteiger charge is -2.15. The Labute approximate surface area is 392 Å². The molecule has 68 heavy (non-hydrogen) atoms. The van der Waals surface area contributed by atoms with E-state index in [1.165, 1.54) is 16.3 Å². The monoisotopic (exact) mass is 868 g/mol. The van der Waals surface area contributed by atoms with Crippen molar-refractivity contribution >= 4 is 43.7 Å². The molecule has 4 aromatic heterocycles. The van der Waals surface area contributed by atoms with Crippen LogP contribution < -0.4 is 0 Å². The summed E-state index contributed by atoms with van der Waals surface area (Å²) in [6.07, 6.45) is 0. The van der Waals surface area contributed by atoms with Gasteiger partial charge in [0, 0.05) is 55.4 Å². The van der Waals surface area contributed by atoms with Crippen LogP contribution in [0.5, 0.6) is 0 Å². The van der Waals surface area contributed by atoms with Crippen molar-refractivity contribution in [3.8, 4) is 79.0 Å². The number of para-hydroxylation sites is 2. The third kappa shape index (κ3) is 6.74. The molecule has 0 radical (unpaired) electrons. The molecule has 0 saturated carbocycles. The van der Waals surface area contributed by atoms with E-state index in [9.17, 15) is 0 Å². The highest BCUT2D eigenvalue weighted by atomic mass is 15.0. The standard InChI is InChI=1S/C62H40N6/c1-6-19-41(20-7-1)47-39-51(42-21-8-2-9-22-42)59-53(40-47)58-57(36-34-54(63-58)45-33-35-56-52(38-45)50-31-16-17-32-55(50)67(56)48-28-14-5-15-29-48)68(59)49-30-18-27-46(37-49)62-65-60(43-23-10-3-11-24-43)64-61(66-62)44-25-12-4-13-26-44/h1-40H. The van der Waals surface area contributed by atoms with Crippen LogP contribution in [0.4, 0.5) is 0 Å². The van der Waals surface area contributed by atoms with Crippen molar-refractivity contribution < 1.29 is 0 Å². The average Bonchev–Trinajstić information content (AvgIpc) is 3.94. The molecule has 6 nitrogen and oxygen atoms in total. The number of fused-ring (bicyclic) bond motifs is 6. The van der Waals surface area contributed by atoms with Crippen LogP contribution in [0.3, 0.4) is 0 Å². The van der Waals surface area contributed by atoms with Crippen molar-refractivity contribution in [1.82, 2.24) is 29.1 Å². The molecule has 0 N–H and O–H groups in total. The molecule has 4 heterocycles. The molecular weight excluding hydrogens is 829 g/mol. The molecule has 6 heteroatoms. The minimum absolute atomic E-state index is 0.597. The zero-order valence-electron chi connectivity index (χ0n) is 36.8. The summed E-state index contributed by atoms with van der Waals surface area (Å²) in [6.45, 7) is 0. The number of nitrogens with zero attached hydrogens (tertiary/aromatic N) is 6. The van der Waals surface area contributed by atoms with E-state index in [1.54, 1.807) is 0 Å². The van der Waals surface area contributed by atoms with Crippen LogP contribution in [0.2, 0.25) is 0 Å². The zero-order valence-corrected chi connectivity index (χ0v) is 36.8. The summed E-state index contributed by atoms with van der Waals surface area (Å²) >= 11 is 0. The fourth-order valence-electron chi connectivity index (χ4n) is 9.78. The molecule has 13 aromatic rings. The second-order valence-corrected chi connectivity index (χ2v) is 17.1. The second-order valence-electron chi connectivity index (χ2n) is 17.1. The number of benzene rings is 9. The minimum Gasteiger partial charge on any atom is -0.309 e. The van der Waals surface area contributed by atoms with Crippen molar-refractivity contribution in [2.75, 3.05) is 0 Å². The zero-order chi connectivity index (χ0) is 45.0. The van der Waals surface area contributed by atoms with Gasteiger partial charge in [0.05, 0.1) is 33.3 Å². The van der Waals surface area contributed by atoms with Gasteiger partial charge in [-0.3, -0.25) is 0 Å². The number of pyridine rings is 1. The normalized spacial score (nSPS) is 11.5. The van der Waals surface area contributed by atoms with Crippen molar-refractivity contribution in [1.29, 1.82) is 0 Å². The molecule has 13 rings (SSSR count). The minimum atomic E-state index is 0.597. The fraction of sp³-hybridized carbons (Fsp3) is 0. The third-order valence-electron chi connectivity index (χ3n) is 12.9. The van der Waals surface area contributed by atoms with Crippen LogP contribution in [0.15, 0.2) is 243 Å². The van der Waals surface area contributed by atoms with Crippen molar-refractivity contribution in [3.63, 3.8) is 0 Å². The first-order valence-corrected chi connectivity index (χ1v) is 22.9. The highest BCUT2D eigenvalue weighted by molar-refractivity contribution is 6.15. The summed E-state index contributed by atoms with van der Waals surface area (Å²) in [5.74, 6) is 1.84. The Balaban J connectivity index is 1.05. The summed E-state index contributed by atoms with van der Waals surface area (Å²) in [5, 5.41) is 3.45. The highest BCUT2D eigenvalue weighted by Crippen LogP contribution is 2.43. The molecule has 0 unspecified atom stereocenters. The maximum Gasteiger partial charge on any atom is 0.164 e. The van der Waals surface area contributed by atoms with Crippen LogP contribution in [0, 0.1) is 0 Å². The molecule has 0 aliphatic heterocycles. The number of hydrogen-bond donors (Lipinski definition) is 0. The molecular formula is C62H40N6. The van der Waals surface area contributed by atoms with Crippen LogP contribution >= 0.6 is 0 Å². The summed E-state index contributed by atoms with van der Waals surface area (Å²) < 4.78 is 4.72. The van der Waals surface area contributed by atoms with Gasteiger partial charge in [-0.25, -0.2) is 19.9 Å². The molecule has 0 fully saturated rings. The van der Waals surface area contributed by atoms with E-state index in [4.69, 9.17) is 19.9 Å². The summed E-state index contributed by atoms with van der Waals surface area (Å²) in [5.41, 5.74) is 16.6. The lowest BCUT2D eigenvalue weighted by Crippen LogP contribution is -2.01. The molecule has 0 bridgehead atoms. The molecule has 0 spiro atoms. The smallest absolute Gasteiger partial charge is 0.164 e. The van der Waals surface area contributed by atoms with Crippen LogP contribution in [-0.4, -0.2) is 29.1 Å². The molecule has 0 aliphatic carbocycles. The Morgan fingerprint density at radius 3 is 1.46 bits per heavy atom. The fourth-order valence-corrected chi connectivity index (χ4v) is 9.78. The van der Waals surface area contributed by atoms with Crippen LogP contribution in [0.1, 0.15) is 0 Å². The largest absolute Gasteiger partial charge is 0.309 e. The summed E-state index contributed by atoms with van der Waals surface area (Å²) in [7, 11) is 0. The highest BCUT2D eigenvalue weighted by Gasteiger charge is 2.22. The van der Waals surface area contributed by atoms with Gasteiger partial charge in [-0.15, -0.1) is 0 Å². The summed E-state index contributed by atoms with van der Waals surface area (Å²) in [6, 6.07) is 85.2. The molecule has 318 valence electrons. The Morgan fingerprint density at radius 1 is 0.265 bits per heavy atom. The van der Waals surface area contributed by atoms with Crippen LogP contribution in [-0.2, 0) is 0 Å². The first kappa shape index (κ1) is 39.1. The molecule has 0 aliphatic rings. The number of hydrogen-bond acceptors (Lipinski definition) is 4. The second kappa shape index (κ2) is 16.3. The molecule has 0 saturated heterocycles. The lowest BCUT2D eigenvalue weighted by molar-refractivity contribution is 1.07.